The zero-order valence-corrected chi connectivity index (χ0v) is 21.4. The van der Waals surface area contributed by atoms with Gasteiger partial charge in [0.05, 0.1) is 11.4 Å². The van der Waals surface area contributed by atoms with E-state index in [0.29, 0.717) is 17.0 Å². The maximum atomic E-state index is 12.5. The number of hydrogen-bond donors (Lipinski definition) is 2. The molecule has 0 aliphatic heterocycles. The highest BCUT2D eigenvalue weighted by Crippen LogP contribution is 2.45. The average molecular weight is 516 g/mol. The van der Waals surface area contributed by atoms with Gasteiger partial charge in [-0.25, -0.2) is 9.59 Å². The molecule has 0 aliphatic carbocycles. The molecular formula is C26H26ClNO6S. The number of benzene rings is 2. The van der Waals surface area contributed by atoms with Gasteiger partial charge < -0.3 is 19.8 Å². The van der Waals surface area contributed by atoms with E-state index in [1.54, 1.807) is 17.0 Å². The van der Waals surface area contributed by atoms with Crippen molar-refractivity contribution < 1.29 is 29.3 Å². The summed E-state index contributed by atoms with van der Waals surface area (Å²) in [5.41, 5.74) is 3.37. The lowest BCUT2D eigenvalue weighted by molar-refractivity contribution is -0.139. The van der Waals surface area contributed by atoms with Crippen molar-refractivity contribution in [1.29, 1.82) is 0 Å². The molecule has 2 N–H and O–H groups in total. The molecule has 3 rings (SSSR count). The van der Waals surface area contributed by atoms with Crippen LogP contribution < -0.4 is 9.64 Å². The summed E-state index contributed by atoms with van der Waals surface area (Å²) in [6.07, 6.45) is 0. The van der Waals surface area contributed by atoms with E-state index in [1.165, 1.54) is 6.92 Å². The Morgan fingerprint density at radius 3 is 2.26 bits per heavy atom. The van der Waals surface area contributed by atoms with E-state index in [0.717, 1.165) is 28.2 Å². The van der Waals surface area contributed by atoms with Crippen molar-refractivity contribution in [3.05, 3.63) is 69.6 Å². The number of aromatic carboxylic acids is 1. The monoisotopic (exact) mass is 515 g/mol. The Labute approximate surface area is 212 Å². The Kier molecular flexibility index (Phi) is 7.87. The third-order valence-electron chi connectivity index (χ3n) is 5.30. The molecule has 184 valence electrons. The van der Waals surface area contributed by atoms with Gasteiger partial charge in [0.25, 0.3) is 0 Å². The number of nitrogens with zero attached hydrogens (tertiary/aromatic N) is 1. The second kappa shape index (κ2) is 10.5. The molecule has 9 heteroatoms. The number of hydrogen-bond acceptors (Lipinski definition) is 5. The number of rotatable bonds is 8. The molecule has 35 heavy (non-hydrogen) atoms. The fourth-order valence-corrected chi connectivity index (χ4v) is 4.91. The molecule has 7 nitrogen and oxygen atoms in total. The van der Waals surface area contributed by atoms with E-state index in [4.69, 9.17) is 21.4 Å². The lowest BCUT2D eigenvalue weighted by Gasteiger charge is -2.24. The number of ether oxygens (including phenoxy) is 1. The van der Waals surface area contributed by atoms with Gasteiger partial charge in [0.2, 0.25) is 5.91 Å². The van der Waals surface area contributed by atoms with Gasteiger partial charge in [-0.2, -0.15) is 0 Å². The Bertz CT molecular complexity index is 1260. The van der Waals surface area contributed by atoms with Crippen LogP contribution in [0.1, 0.15) is 48.5 Å². The molecule has 1 aromatic heterocycles. The van der Waals surface area contributed by atoms with Crippen molar-refractivity contribution in [3.8, 4) is 16.2 Å². The summed E-state index contributed by atoms with van der Waals surface area (Å²) < 4.78 is 5.16. The predicted molar refractivity (Wildman–Crippen MR) is 137 cm³/mol. The Hall–Kier alpha value is -3.36. The van der Waals surface area contributed by atoms with E-state index < -0.39 is 18.5 Å². The third-order valence-corrected chi connectivity index (χ3v) is 6.98. The summed E-state index contributed by atoms with van der Waals surface area (Å²) in [6, 6.07) is 15.1. The van der Waals surface area contributed by atoms with Crippen LogP contribution in [-0.2, 0) is 21.5 Å². The molecule has 0 bridgehead atoms. The second-order valence-electron chi connectivity index (χ2n) is 8.99. The molecule has 3 aromatic rings. The molecule has 1 amide bonds. The minimum atomic E-state index is -1.26. The molecule has 2 aromatic carbocycles. The summed E-state index contributed by atoms with van der Waals surface area (Å²) in [7, 11) is 0. The molecule has 1 heterocycles. The SMILES string of the molecule is CC(=O)N(Cc1cccc(-c2sc(C(=O)O)c(OCC(=O)O)c2Cl)c1)c1ccc(C(C)(C)C)cc1. The number of aliphatic carboxylic acids is 1. The van der Waals surface area contributed by atoms with Crippen LogP contribution in [0.4, 0.5) is 5.69 Å². The van der Waals surface area contributed by atoms with E-state index >= 15 is 0 Å². The molecule has 0 fully saturated rings. The van der Waals surface area contributed by atoms with Crippen molar-refractivity contribution >= 4 is 46.5 Å². The highest BCUT2D eigenvalue weighted by Gasteiger charge is 2.25. The fraction of sp³-hybridized carbons (Fsp3) is 0.269. The first-order chi connectivity index (χ1) is 16.4. The van der Waals surface area contributed by atoms with Crippen LogP contribution >= 0.6 is 22.9 Å². The van der Waals surface area contributed by atoms with Gasteiger partial charge in [-0.05, 0) is 40.3 Å². The standard InChI is InChI=1S/C26H26ClNO6S/c1-15(29)28(19-10-8-18(9-11-19)26(2,3)4)13-16-6-5-7-17(12-16)23-21(27)22(34-14-20(30)31)24(35-23)25(32)33/h5-12H,13-14H2,1-4H3,(H,30,31)(H,32,33). The molecule has 0 aliphatic rings. The number of anilines is 1. The van der Waals surface area contributed by atoms with Crippen molar-refractivity contribution in [3.63, 3.8) is 0 Å². The molecule has 0 saturated carbocycles. The van der Waals surface area contributed by atoms with Crippen LogP contribution in [0.25, 0.3) is 10.4 Å². The maximum absolute atomic E-state index is 12.5. The number of halogens is 1. The Morgan fingerprint density at radius 1 is 1.06 bits per heavy atom. The first-order valence-electron chi connectivity index (χ1n) is 10.8. The molecular weight excluding hydrogens is 490 g/mol. The normalized spacial score (nSPS) is 11.2. The molecule has 0 unspecified atom stereocenters. The van der Waals surface area contributed by atoms with Crippen molar-refractivity contribution in [2.45, 2.75) is 39.7 Å². The highest BCUT2D eigenvalue weighted by atomic mass is 35.5. The van der Waals surface area contributed by atoms with Crippen molar-refractivity contribution in [2.75, 3.05) is 11.5 Å². The van der Waals surface area contributed by atoms with E-state index in [-0.39, 0.29) is 27.0 Å². The van der Waals surface area contributed by atoms with E-state index in [2.05, 4.69) is 20.8 Å². The molecule has 0 radical (unpaired) electrons. The quantitative estimate of drug-likeness (QED) is 0.376. The average Bonchev–Trinajstić information content (AvgIpc) is 3.12. The van der Waals surface area contributed by atoms with Gasteiger partial charge in [-0.3, -0.25) is 4.79 Å². The molecule has 0 atom stereocenters. The summed E-state index contributed by atoms with van der Waals surface area (Å²) in [5, 5.41) is 18.4. The van der Waals surface area contributed by atoms with Crippen LogP contribution in [0.5, 0.6) is 5.75 Å². The minimum absolute atomic E-state index is 0.00424. The van der Waals surface area contributed by atoms with Crippen molar-refractivity contribution in [2.24, 2.45) is 0 Å². The van der Waals surface area contributed by atoms with Gasteiger partial charge in [0.1, 0.15) is 5.02 Å². The van der Waals surface area contributed by atoms with Gasteiger partial charge in [0.15, 0.2) is 17.2 Å². The first-order valence-corrected chi connectivity index (χ1v) is 12.0. The van der Waals surface area contributed by atoms with E-state index in [9.17, 15) is 19.5 Å². The van der Waals surface area contributed by atoms with E-state index in [1.807, 2.05) is 36.4 Å². The van der Waals surface area contributed by atoms with Crippen LogP contribution in [0.3, 0.4) is 0 Å². The lowest BCUT2D eigenvalue weighted by atomic mass is 9.87. The minimum Gasteiger partial charge on any atom is -0.479 e. The number of carboxylic acid groups (broad SMARTS) is 2. The largest absolute Gasteiger partial charge is 0.479 e. The van der Waals surface area contributed by atoms with Crippen LogP contribution in [0, 0.1) is 0 Å². The summed E-state index contributed by atoms with van der Waals surface area (Å²) >= 11 is 7.32. The van der Waals surface area contributed by atoms with Crippen LogP contribution in [0.15, 0.2) is 48.5 Å². The zero-order valence-electron chi connectivity index (χ0n) is 19.8. The number of carbonyl (C=O) groups excluding carboxylic acids is 1. The summed E-state index contributed by atoms with van der Waals surface area (Å²) in [5.74, 6) is -2.80. The zero-order chi connectivity index (χ0) is 25.9. The predicted octanol–water partition coefficient (Wildman–Crippen LogP) is 6.08. The van der Waals surface area contributed by atoms with Gasteiger partial charge in [-0.15, -0.1) is 11.3 Å². The van der Waals surface area contributed by atoms with Crippen LogP contribution in [-0.4, -0.2) is 34.7 Å². The van der Waals surface area contributed by atoms with Gasteiger partial charge in [-0.1, -0.05) is 62.7 Å². The fourth-order valence-electron chi connectivity index (χ4n) is 3.50. The third kappa shape index (κ3) is 6.21. The number of carboxylic acids is 2. The lowest BCUT2D eigenvalue weighted by Crippen LogP contribution is -2.27. The number of amides is 1. The summed E-state index contributed by atoms with van der Waals surface area (Å²) in [4.78, 5) is 36.9. The van der Waals surface area contributed by atoms with Crippen LogP contribution in [0.2, 0.25) is 5.02 Å². The number of thiophene rings is 1. The Morgan fingerprint density at radius 2 is 1.71 bits per heavy atom. The van der Waals surface area contributed by atoms with Gasteiger partial charge in [0, 0.05) is 12.6 Å². The summed E-state index contributed by atoms with van der Waals surface area (Å²) in [6.45, 7) is 7.47. The topological polar surface area (TPSA) is 104 Å². The van der Waals surface area contributed by atoms with Gasteiger partial charge >= 0.3 is 11.9 Å². The Balaban J connectivity index is 1.93. The number of carbonyl (C=O) groups is 3. The van der Waals surface area contributed by atoms with Crippen molar-refractivity contribution in [1.82, 2.24) is 0 Å². The first kappa shape index (κ1) is 26.2. The highest BCUT2D eigenvalue weighted by molar-refractivity contribution is 7.18. The second-order valence-corrected chi connectivity index (χ2v) is 10.4. The molecule has 0 saturated heterocycles. The maximum Gasteiger partial charge on any atom is 0.349 e. The molecule has 0 spiro atoms. The smallest absolute Gasteiger partial charge is 0.349 e.